The molecule has 0 atom stereocenters. The normalized spacial score (nSPS) is 10.9. The van der Waals surface area contributed by atoms with Crippen LogP contribution in [0.25, 0.3) is 166 Å². The Morgan fingerprint density at radius 2 is 0.259 bits per heavy atom. The Balaban J connectivity index is 1.05. The average Bonchev–Trinajstić information content (AvgIpc) is 0.703. The summed E-state index contributed by atoms with van der Waals surface area (Å²) in [5.74, 6) is 0. The van der Waals surface area contributed by atoms with Crippen LogP contribution in [0.4, 0.5) is 0 Å². The second-order valence-corrected chi connectivity index (χ2v) is 28.5. The third-order valence-corrected chi connectivity index (χ3v) is 21.4. The Hall–Kier alpha value is -15.5. The topological polar surface area (TPSA) is 190 Å². The molecule has 0 fully saturated rings. The predicted molar refractivity (Wildman–Crippen MR) is 450 cm³/mol. The van der Waals surface area contributed by atoms with Crippen molar-refractivity contribution in [1.29, 1.82) is 42.1 Å². The molecule has 8 heteroatoms. The summed E-state index contributed by atoms with van der Waals surface area (Å²) in [6.45, 7) is 0. The van der Waals surface area contributed by atoms with Crippen LogP contribution in [0.15, 0.2) is 303 Å². The van der Waals surface area contributed by atoms with Crippen LogP contribution < -0.4 is 0 Å². The Labute approximate surface area is 651 Å². The van der Waals surface area contributed by atoms with Crippen molar-refractivity contribution in [1.82, 2.24) is 0 Å². The zero-order valence-corrected chi connectivity index (χ0v) is 61.1. The Morgan fingerprint density at radius 3 is 0.384 bits per heavy atom. The van der Waals surface area contributed by atoms with Crippen LogP contribution in [0, 0.1) is 90.6 Å². The third-order valence-electron chi connectivity index (χ3n) is 21.4. The van der Waals surface area contributed by atoms with E-state index in [0.717, 1.165) is 210 Å². The lowest BCUT2D eigenvalue weighted by Gasteiger charge is -2.23. The van der Waals surface area contributed by atoms with Crippen molar-refractivity contribution < 1.29 is 0 Å². The van der Waals surface area contributed by atoms with Gasteiger partial charge in [-0.05, 0) is 295 Å². The van der Waals surface area contributed by atoms with E-state index < -0.39 is 0 Å². The Bertz CT molecular complexity index is 5570. The highest BCUT2D eigenvalue weighted by Gasteiger charge is 2.25. The zero-order chi connectivity index (χ0) is 76.6. The summed E-state index contributed by atoms with van der Waals surface area (Å²) >= 11 is 0. The highest BCUT2D eigenvalue weighted by atomic mass is 14.3. The quantitative estimate of drug-likeness (QED) is 0.0673. The first-order chi connectivity index (χ1) is 55.1. The van der Waals surface area contributed by atoms with Crippen molar-refractivity contribution >= 4 is 32.3 Å². The monoisotopic (exact) mass is 1430 g/mol. The van der Waals surface area contributed by atoms with Gasteiger partial charge in [0.05, 0.1) is 99.9 Å². The SMILES string of the molecule is N#CCc1ccc(-c2cc(-c3ccc(CC#N)cc3)cc(-c3cc(-c4cc(-c5ccc(CC#N)cc5)cc(-c5ccc(CC#N)cc5)c4)c4ccc5c(-c6cc(-c7ccc(CC#N)cc7)cc(-c7ccc(CC#N)cc7)c6)cc(-c6cc(-c7ccc(CC#N)cc7)cc(-c7ccc(CC#N)cc7)c6)c6ccc3c4c65)c2)cc1. The van der Waals surface area contributed by atoms with Crippen molar-refractivity contribution in [3.05, 3.63) is 348 Å². The van der Waals surface area contributed by atoms with Gasteiger partial charge in [-0.15, -0.1) is 0 Å². The number of nitrogens with zero attached hydrogens (tertiary/aromatic N) is 8. The van der Waals surface area contributed by atoms with Gasteiger partial charge in [0.25, 0.3) is 0 Å². The van der Waals surface area contributed by atoms with Gasteiger partial charge < -0.3 is 0 Å². The maximum Gasteiger partial charge on any atom is 0.0669 e. The molecule has 0 spiro atoms. The first-order valence-corrected chi connectivity index (χ1v) is 37.2. The first kappa shape index (κ1) is 70.8. The maximum absolute atomic E-state index is 9.81. The van der Waals surface area contributed by atoms with Crippen molar-refractivity contribution in [2.45, 2.75) is 51.4 Å². The summed E-state index contributed by atoms with van der Waals surface area (Å²) in [4.78, 5) is 0. The summed E-state index contributed by atoms with van der Waals surface area (Å²) < 4.78 is 0. The smallest absolute Gasteiger partial charge is 0.0669 e. The summed E-state index contributed by atoms with van der Waals surface area (Å²) in [5.41, 5.74) is 30.8. The van der Waals surface area contributed by atoms with Gasteiger partial charge in [-0.2, -0.15) is 42.1 Å². The molecule has 0 aliphatic rings. The van der Waals surface area contributed by atoms with E-state index in [1.165, 1.54) is 0 Å². The van der Waals surface area contributed by atoms with Gasteiger partial charge >= 0.3 is 0 Å². The lowest BCUT2D eigenvalue weighted by atomic mass is 9.80. The number of rotatable bonds is 20. The van der Waals surface area contributed by atoms with Crippen LogP contribution in [-0.2, 0) is 51.4 Å². The van der Waals surface area contributed by atoms with E-state index in [2.05, 4.69) is 255 Å². The third kappa shape index (κ3) is 14.5. The number of nitriles is 8. The standard InChI is InChI=1S/C104H66N8/c105-45-37-67-1-17-75(18-2-67)83-53-84(76-19-3-68(4-20-76)38-46-106)58-91(57-83)99-65-100(92-59-85(77-21-5-69(6-22-77)39-47-107)54-86(60-92)78-23-7-70(8-24-78)40-48-108)96-35-36-98-102(94-63-89(81-29-13-73(14-30-81)43-51-111)56-90(64-94)82-31-15-74(16-32-82)44-52-112)66-101(97-34-33-95(99)103(96)104(97)98)93-61-87(79-25-9-71(10-26-79)41-49-109)55-88(62-93)80-27-11-72(12-28-80)42-50-110/h1-36,53-66H,37-44H2. The number of hydrogen-bond acceptors (Lipinski definition) is 8. The van der Waals surface area contributed by atoms with E-state index in [-0.39, 0.29) is 51.4 Å². The molecule has 0 saturated carbocycles. The van der Waals surface area contributed by atoms with Crippen molar-refractivity contribution in [3.8, 4) is 182 Å². The molecule has 0 bridgehead atoms. The van der Waals surface area contributed by atoms with Gasteiger partial charge in [-0.3, -0.25) is 0 Å². The highest BCUT2D eigenvalue weighted by Crippen LogP contribution is 2.52. The fourth-order valence-corrected chi connectivity index (χ4v) is 15.7. The Morgan fingerprint density at radius 1 is 0.134 bits per heavy atom. The summed E-state index contributed by atoms with van der Waals surface area (Å²) in [5, 5.41) is 84.6. The molecule has 0 unspecified atom stereocenters. The molecule has 0 heterocycles. The number of hydrogen-bond donors (Lipinski definition) is 0. The Kier molecular flexibility index (Phi) is 19.9. The maximum atomic E-state index is 9.81. The molecule has 112 heavy (non-hydrogen) atoms. The van der Waals surface area contributed by atoms with Crippen LogP contribution in [0.2, 0.25) is 0 Å². The highest BCUT2D eigenvalue weighted by molar-refractivity contribution is 6.32. The van der Waals surface area contributed by atoms with Crippen LogP contribution in [0.5, 0.6) is 0 Å². The van der Waals surface area contributed by atoms with Crippen molar-refractivity contribution in [2.75, 3.05) is 0 Å². The molecule has 8 nitrogen and oxygen atoms in total. The first-order valence-electron chi connectivity index (χ1n) is 37.2. The molecule has 16 aromatic carbocycles. The molecule has 0 amide bonds. The molecule has 16 aromatic rings. The minimum Gasteiger partial charge on any atom is -0.198 e. The van der Waals surface area contributed by atoms with E-state index in [4.69, 9.17) is 0 Å². The van der Waals surface area contributed by atoms with Crippen LogP contribution in [0.3, 0.4) is 0 Å². The van der Waals surface area contributed by atoms with E-state index >= 15 is 0 Å². The lowest BCUT2D eigenvalue weighted by Crippen LogP contribution is -1.96. The summed E-state index contributed by atoms with van der Waals surface area (Å²) in [7, 11) is 0. The second-order valence-electron chi connectivity index (χ2n) is 28.5. The second kappa shape index (κ2) is 31.5. The predicted octanol–water partition coefficient (Wildman–Crippen LogP) is 25.1. The van der Waals surface area contributed by atoms with E-state index in [9.17, 15) is 42.1 Å². The van der Waals surface area contributed by atoms with Crippen LogP contribution in [-0.4, -0.2) is 0 Å². The molecular formula is C104H66N8. The van der Waals surface area contributed by atoms with Crippen molar-refractivity contribution in [3.63, 3.8) is 0 Å². The molecule has 0 radical (unpaired) electrons. The lowest BCUT2D eigenvalue weighted by molar-refractivity contribution is 1.26. The summed E-state index contributed by atoms with van der Waals surface area (Å²) in [6.07, 6.45) is 2.24. The van der Waals surface area contributed by atoms with Gasteiger partial charge in [0.2, 0.25) is 0 Å². The number of benzene rings is 16. The van der Waals surface area contributed by atoms with Gasteiger partial charge in [0, 0.05) is 0 Å². The molecule has 0 aromatic heterocycles. The zero-order valence-electron chi connectivity index (χ0n) is 61.1. The van der Waals surface area contributed by atoms with Gasteiger partial charge in [-0.25, -0.2) is 0 Å². The molecular weight excluding hydrogens is 1360 g/mol. The molecule has 0 aliphatic carbocycles. The fourth-order valence-electron chi connectivity index (χ4n) is 15.7. The van der Waals surface area contributed by atoms with Gasteiger partial charge in [0.1, 0.15) is 0 Å². The molecule has 16 rings (SSSR count). The molecule has 0 aliphatic heterocycles. The van der Waals surface area contributed by atoms with E-state index in [0.29, 0.717) is 0 Å². The van der Waals surface area contributed by atoms with E-state index in [1.807, 2.05) is 97.1 Å². The average molecular weight is 1430 g/mol. The van der Waals surface area contributed by atoms with Gasteiger partial charge in [0.15, 0.2) is 0 Å². The van der Waals surface area contributed by atoms with Gasteiger partial charge in [-0.1, -0.05) is 218 Å². The fraction of sp³-hybridized carbons (Fsp3) is 0.0769. The van der Waals surface area contributed by atoms with Crippen LogP contribution >= 0.6 is 0 Å². The largest absolute Gasteiger partial charge is 0.198 e. The summed E-state index contributed by atoms with van der Waals surface area (Å²) in [6, 6.07) is 126. The molecule has 522 valence electrons. The molecule has 0 saturated heterocycles. The molecule has 0 N–H and O–H groups in total. The van der Waals surface area contributed by atoms with E-state index in [1.54, 1.807) is 0 Å². The van der Waals surface area contributed by atoms with Crippen LogP contribution in [0.1, 0.15) is 44.5 Å². The van der Waals surface area contributed by atoms with Crippen molar-refractivity contribution in [2.24, 2.45) is 0 Å². The minimum atomic E-state index is 0.280. The minimum absolute atomic E-state index is 0.280.